The molecule has 0 saturated carbocycles. The fraction of sp³-hybridized carbons (Fsp3) is 0.286. The Balaban J connectivity index is 1.86. The molecule has 0 unspecified atom stereocenters. The minimum absolute atomic E-state index is 0.707. The number of nitrogens with zero attached hydrogens (tertiary/aromatic N) is 2. The molecule has 3 rings (SSSR count). The monoisotopic (exact) mass is 256 g/mol. The quantitative estimate of drug-likeness (QED) is 0.821. The van der Waals surface area contributed by atoms with Crippen molar-refractivity contribution in [2.24, 2.45) is 0 Å². The number of H-pyrrole nitrogens is 1. The molecule has 0 aliphatic carbocycles. The topological polar surface area (TPSA) is 61.0 Å². The molecule has 0 bridgehead atoms. The van der Waals surface area contributed by atoms with Crippen LogP contribution in [0.2, 0.25) is 0 Å². The zero-order valence-electron chi connectivity index (χ0n) is 10.8. The van der Waals surface area contributed by atoms with Crippen LogP contribution in [0.5, 0.6) is 0 Å². The van der Waals surface area contributed by atoms with Gasteiger partial charge in [0.05, 0.1) is 18.6 Å². The lowest BCUT2D eigenvalue weighted by Crippen LogP contribution is -2.20. The Morgan fingerprint density at radius 3 is 3.16 bits per heavy atom. The minimum Gasteiger partial charge on any atom is -0.365 e. The van der Waals surface area contributed by atoms with E-state index in [0.717, 1.165) is 36.6 Å². The number of rotatable bonds is 4. The maximum atomic E-state index is 10.5. The Morgan fingerprint density at radius 1 is 1.53 bits per heavy atom. The number of nitrogens with one attached hydrogen (secondary N) is 2. The summed E-state index contributed by atoms with van der Waals surface area (Å²) in [5.74, 6) is 0. The third-order valence-electron chi connectivity index (χ3n) is 3.58. The zero-order chi connectivity index (χ0) is 13.2. The van der Waals surface area contributed by atoms with E-state index in [9.17, 15) is 4.79 Å². The lowest BCUT2D eigenvalue weighted by atomic mass is 10.1. The summed E-state index contributed by atoms with van der Waals surface area (Å²) in [7, 11) is 0. The van der Waals surface area contributed by atoms with Crippen LogP contribution in [0.4, 0.5) is 11.4 Å². The number of hydrogen-bond acceptors (Lipinski definition) is 3. The van der Waals surface area contributed by atoms with E-state index in [1.807, 2.05) is 19.1 Å². The molecule has 1 aliphatic rings. The molecule has 2 aromatic rings. The number of carbonyl (C=O) groups excluding carboxylic acids is 1. The van der Waals surface area contributed by atoms with Gasteiger partial charge in [-0.25, -0.2) is 4.98 Å². The van der Waals surface area contributed by atoms with Gasteiger partial charge in [0.25, 0.3) is 0 Å². The van der Waals surface area contributed by atoms with Crippen molar-refractivity contribution in [3.05, 3.63) is 41.5 Å². The van der Waals surface area contributed by atoms with E-state index in [1.165, 1.54) is 11.3 Å². The van der Waals surface area contributed by atoms with Crippen LogP contribution in [0, 0.1) is 6.92 Å². The molecule has 0 spiro atoms. The lowest BCUT2D eigenvalue weighted by molar-refractivity contribution is -0.105. The molecule has 2 N–H and O–H groups in total. The van der Waals surface area contributed by atoms with Gasteiger partial charge in [0.15, 0.2) is 0 Å². The number of aryl methyl sites for hydroxylation is 1. The van der Waals surface area contributed by atoms with E-state index in [1.54, 1.807) is 6.33 Å². The highest BCUT2D eigenvalue weighted by atomic mass is 16.1. The van der Waals surface area contributed by atoms with Crippen molar-refractivity contribution < 1.29 is 4.79 Å². The van der Waals surface area contributed by atoms with Crippen LogP contribution >= 0.6 is 0 Å². The predicted molar refractivity (Wildman–Crippen MR) is 74.2 cm³/mol. The van der Waals surface area contributed by atoms with Gasteiger partial charge in [-0.2, -0.15) is 0 Å². The molecule has 5 nitrogen and oxygen atoms in total. The third-order valence-corrected chi connectivity index (χ3v) is 3.58. The SMILES string of the molecule is Cc1[nH]cnc1CN1CCc2ccc(NC=O)cc21. The minimum atomic E-state index is 0.707. The predicted octanol–water partition coefficient (Wildman–Crippen LogP) is 1.85. The van der Waals surface area contributed by atoms with E-state index in [-0.39, 0.29) is 0 Å². The Kier molecular flexibility index (Phi) is 2.95. The van der Waals surface area contributed by atoms with Gasteiger partial charge in [-0.1, -0.05) is 6.07 Å². The van der Waals surface area contributed by atoms with Gasteiger partial charge in [-0.15, -0.1) is 0 Å². The van der Waals surface area contributed by atoms with Gasteiger partial charge in [-0.05, 0) is 31.0 Å². The molecule has 98 valence electrons. The van der Waals surface area contributed by atoms with Crippen LogP contribution in [0.15, 0.2) is 24.5 Å². The summed E-state index contributed by atoms with van der Waals surface area (Å²) in [5, 5.41) is 2.70. The molecule has 19 heavy (non-hydrogen) atoms. The number of amides is 1. The van der Waals surface area contributed by atoms with Crippen molar-refractivity contribution in [2.75, 3.05) is 16.8 Å². The molecule has 0 radical (unpaired) electrons. The number of fused-ring (bicyclic) bond motifs is 1. The van der Waals surface area contributed by atoms with E-state index in [2.05, 4.69) is 26.3 Å². The van der Waals surface area contributed by atoms with Crippen molar-refractivity contribution in [3.8, 4) is 0 Å². The van der Waals surface area contributed by atoms with E-state index in [4.69, 9.17) is 0 Å². The van der Waals surface area contributed by atoms with E-state index in [0.29, 0.717) is 6.41 Å². The highest BCUT2D eigenvalue weighted by molar-refractivity contribution is 5.75. The molecule has 1 amide bonds. The largest absolute Gasteiger partial charge is 0.365 e. The van der Waals surface area contributed by atoms with Gasteiger partial charge >= 0.3 is 0 Å². The summed E-state index contributed by atoms with van der Waals surface area (Å²) in [5.41, 5.74) is 5.52. The van der Waals surface area contributed by atoms with Crippen LogP contribution in [0.1, 0.15) is 17.0 Å². The van der Waals surface area contributed by atoms with Crippen LogP contribution in [0.3, 0.4) is 0 Å². The van der Waals surface area contributed by atoms with Crippen LogP contribution in [-0.2, 0) is 17.8 Å². The average molecular weight is 256 g/mol. The van der Waals surface area contributed by atoms with Crippen molar-refractivity contribution >= 4 is 17.8 Å². The Bertz CT molecular complexity index is 605. The summed E-state index contributed by atoms with van der Waals surface area (Å²) in [6.07, 6.45) is 3.48. The summed E-state index contributed by atoms with van der Waals surface area (Å²) < 4.78 is 0. The van der Waals surface area contributed by atoms with E-state index >= 15 is 0 Å². The maximum Gasteiger partial charge on any atom is 0.211 e. The van der Waals surface area contributed by atoms with Gasteiger partial charge in [0.1, 0.15) is 0 Å². The molecule has 2 heterocycles. The van der Waals surface area contributed by atoms with Gasteiger partial charge in [0, 0.05) is 23.6 Å². The first-order valence-corrected chi connectivity index (χ1v) is 6.35. The second-order valence-electron chi connectivity index (χ2n) is 4.75. The number of aromatic nitrogens is 2. The first-order chi connectivity index (χ1) is 9.28. The standard InChI is InChI=1S/C14H16N4O/c1-10-13(16-8-15-10)7-18-5-4-11-2-3-12(17-9-19)6-14(11)18/h2-3,6,8-9H,4-5,7H2,1H3,(H,15,16)(H,17,19). The zero-order valence-corrected chi connectivity index (χ0v) is 10.8. The highest BCUT2D eigenvalue weighted by Crippen LogP contribution is 2.31. The molecule has 1 aliphatic heterocycles. The van der Waals surface area contributed by atoms with Crippen molar-refractivity contribution in [2.45, 2.75) is 19.9 Å². The number of benzene rings is 1. The molecule has 0 saturated heterocycles. The van der Waals surface area contributed by atoms with Crippen LogP contribution < -0.4 is 10.2 Å². The van der Waals surface area contributed by atoms with Crippen molar-refractivity contribution in [1.82, 2.24) is 9.97 Å². The smallest absolute Gasteiger partial charge is 0.211 e. The number of aromatic amines is 1. The first kappa shape index (κ1) is 11.8. The number of hydrogen-bond donors (Lipinski definition) is 2. The molecular weight excluding hydrogens is 240 g/mol. The molecule has 1 aromatic heterocycles. The van der Waals surface area contributed by atoms with Gasteiger partial charge in [-0.3, -0.25) is 4.79 Å². The summed E-state index contributed by atoms with van der Waals surface area (Å²) in [4.78, 5) is 20.3. The second kappa shape index (κ2) is 4.76. The fourth-order valence-electron chi connectivity index (χ4n) is 2.49. The fourth-order valence-corrected chi connectivity index (χ4v) is 2.49. The maximum absolute atomic E-state index is 10.5. The normalized spacial score (nSPS) is 13.4. The molecule has 0 fully saturated rings. The Labute approximate surface area is 111 Å². The summed E-state index contributed by atoms with van der Waals surface area (Å²) in [6.45, 7) is 3.82. The molecule has 5 heteroatoms. The van der Waals surface area contributed by atoms with Crippen LogP contribution in [0.25, 0.3) is 0 Å². The van der Waals surface area contributed by atoms with Crippen molar-refractivity contribution in [3.63, 3.8) is 0 Å². The lowest BCUT2D eigenvalue weighted by Gasteiger charge is -2.19. The number of imidazole rings is 1. The number of carbonyl (C=O) groups is 1. The Morgan fingerprint density at radius 2 is 2.42 bits per heavy atom. The third kappa shape index (κ3) is 2.19. The summed E-state index contributed by atoms with van der Waals surface area (Å²) in [6, 6.07) is 6.05. The second-order valence-corrected chi connectivity index (χ2v) is 4.75. The first-order valence-electron chi connectivity index (χ1n) is 6.35. The van der Waals surface area contributed by atoms with Gasteiger partial charge in [0.2, 0.25) is 6.41 Å². The average Bonchev–Trinajstić information content (AvgIpc) is 2.98. The molecular formula is C14H16N4O. The number of anilines is 2. The molecule has 0 atom stereocenters. The Hall–Kier alpha value is -2.30. The van der Waals surface area contributed by atoms with E-state index < -0.39 is 0 Å². The summed E-state index contributed by atoms with van der Waals surface area (Å²) >= 11 is 0. The van der Waals surface area contributed by atoms with Gasteiger partial charge < -0.3 is 15.2 Å². The highest BCUT2D eigenvalue weighted by Gasteiger charge is 2.20. The van der Waals surface area contributed by atoms with Crippen molar-refractivity contribution in [1.29, 1.82) is 0 Å². The van der Waals surface area contributed by atoms with Crippen LogP contribution in [-0.4, -0.2) is 22.9 Å². The molecule has 1 aromatic carbocycles.